The molecule has 33 heavy (non-hydrogen) atoms. The normalized spacial score (nSPS) is 16.6. The molecule has 0 spiro atoms. The predicted molar refractivity (Wildman–Crippen MR) is 123 cm³/mol. The summed E-state index contributed by atoms with van der Waals surface area (Å²) in [5, 5.41) is 0.512. The molecule has 7 heteroatoms. The van der Waals surface area contributed by atoms with E-state index in [1.807, 2.05) is 12.1 Å². The van der Waals surface area contributed by atoms with Crippen LogP contribution in [-0.4, -0.2) is 36.4 Å². The molecule has 2 aliphatic heterocycles. The Kier molecular flexibility index (Phi) is 5.72. The van der Waals surface area contributed by atoms with Crippen LogP contribution >= 0.6 is 11.6 Å². The van der Waals surface area contributed by atoms with E-state index in [9.17, 15) is 14.0 Å². The van der Waals surface area contributed by atoms with Crippen molar-refractivity contribution in [3.63, 3.8) is 0 Å². The minimum Gasteiger partial charge on any atom is -0.378 e. The van der Waals surface area contributed by atoms with Crippen molar-refractivity contribution in [2.45, 2.75) is 24.7 Å². The van der Waals surface area contributed by atoms with Gasteiger partial charge in [-0.15, -0.1) is 0 Å². The van der Waals surface area contributed by atoms with Crippen LogP contribution in [0, 0.1) is 5.82 Å². The molecule has 1 saturated heterocycles. The van der Waals surface area contributed by atoms with E-state index in [1.54, 1.807) is 41.3 Å². The van der Waals surface area contributed by atoms with Gasteiger partial charge in [0.05, 0.1) is 30.3 Å². The molecule has 3 heterocycles. The number of fused-ring (bicyclic) bond motifs is 1. The minimum absolute atomic E-state index is 0.00419. The van der Waals surface area contributed by atoms with Crippen LogP contribution in [0.4, 0.5) is 10.1 Å². The largest absolute Gasteiger partial charge is 0.378 e. The maximum Gasteiger partial charge on any atom is 0.258 e. The molecule has 0 bridgehead atoms. The number of hydrogen-bond acceptors (Lipinski definition) is 4. The average Bonchev–Trinajstić information content (AvgIpc) is 2.79. The number of carbonyl (C=O) groups is 2. The number of hydrogen-bond donors (Lipinski definition) is 0. The number of halogens is 2. The Hall–Kier alpha value is -3.09. The van der Waals surface area contributed by atoms with Gasteiger partial charge in [0.2, 0.25) is 0 Å². The molecule has 168 valence electrons. The molecular weight excluding hydrogens is 443 g/mol. The van der Waals surface area contributed by atoms with Gasteiger partial charge in [0.15, 0.2) is 5.78 Å². The third-order valence-electron chi connectivity index (χ3n) is 6.35. The zero-order chi connectivity index (χ0) is 23.0. The van der Waals surface area contributed by atoms with E-state index >= 15 is 0 Å². The number of ether oxygens (including phenoxy) is 1. The highest BCUT2D eigenvalue weighted by molar-refractivity contribution is 6.31. The van der Waals surface area contributed by atoms with Gasteiger partial charge in [-0.3, -0.25) is 14.6 Å². The number of ketones is 1. The van der Waals surface area contributed by atoms with Crippen molar-refractivity contribution < 1.29 is 18.7 Å². The van der Waals surface area contributed by atoms with Gasteiger partial charge < -0.3 is 9.64 Å². The molecular formula is C26H22ClFN2O3. The number of pyridine rings is 1. The van der Waals surface area contributed by atoms with Gasteiger partial charge in [-0.25, -0.2) is 4.39 Å². The number of aromatic nitrogens is 1. The topological polar surface area (TPSA) is 59.5 Å². The van der Waals surface area contributed by atoms with Crippen LogP contribution in [0.5, 0.6) is 0 Å². The van der Waals surface area contributed by atoms with E-state index in [1.165, 1.54) is 12.1 Å². The maximum absolute atomic E-state index is 13.3. The van der Waals surface area contributed by atoms with Crippen LogP contribution in [0.15, 0.2) is 60.7 Å². The molecule has 1 amide bonds. The highest BCUT2D eigenvalue weighted by Crippen LogP contribution is 2.36. The summed E-state index contributed by atoms with van der Waals surface area (Å²) >= 11 is 6.07. The summed E-state index contributed by atoms with van der Waals surface area (Å²) < 4.78 is 18.7. The molecule has 5 nitrogen and oxygen atoms in total. The van der Waals surface area contributed by atoms with Crippen LogP contribution in [0.1, 0.15) is 33.7 Å². The number of rotatable bonds is 5. The molecule has 0 unspecified atom stereocenters. The monoisotopic (exact) mass is 464 g/mol. The van der Waals surface area contributed by atoms with Crippen molar-refractivity contribution in [3.8, 4) is 0 Å². The van der Waals surface area contributed by atoms with E-state index in [0.29, 0.717) is 22.8 Å². The van der Waals surface area contributed by atoms with Crippen molar-refractivity contribution in [2.24, 2.45) is 0 Å². The van der Waals surface area contributed by atoms with E-state index in [4.69, 9.17) is 21.3 Å². The van der Waals surface area contributed by atoms with Gasteiger partial charge in [0.25, 0.3) is 5.91 Å². The van der Waals surface area contributed by atoms with Crippen LogP contribution in [0.3, 0.4) is 0 Å². The Labute approximate surface area is 196 Å². The number of anilines is 1. The number of Topliss-reactive ketones (excluding diaryl/α,β-unsaturated/α-hetero) is 1. The smallest absolute Gasteiger partial charge is 0.258 e. The third kappa shape index (κ3) is 4.05. The number of nitrogens with zero attached hydrogens (tertiary/aromatic N) is 2. The number of carbonyl (C=O) groups excluding carboxylic acids is 2. The van der Waals surface area contributed by atoms with Crippen LogP contribution in [0.2, 0.25) is 5.02 Å². The molecule has 1 fully saturated rings. The highest BCUT2D eigenvalue weighted by atomic mass is 35.5. The Bertz CT molecular complexity index is 1220. The van der Waals surface area contributed by atoms with Crippen molar-refractivity contribution in [2.75, 3.05) is 24.7 Å². The maximum atomic E-state index is 13.3. The predicted octanol–water partition coefficient (Wildman–Crippen LogP) is 4.55. The minimum atomic E-state index is -0.817. The van der Waals surface area contributed by atoms with Crippen LogP contribution in [-0.2, 0) is 27.8 Å². The zero-order valence-corrected chi connectivity index (χ0v) is 18.6. The van der Waals surface area contributed by atoms with Crippen LogP contribution in [0.25, 0.3) is 0 Å². The van der Waals surface area contributed by atoms with Crippen LogP contribution < -0.4 is 4.90 Å². The van der Waals surface area contributed by atoms with E-state index < -0.39 is 5.41 Å². The lowest BCUT2D eigenvalue weighted by Gasteiger charge is -2.40. The summed E-state index contributed by atoms with van der Waals surface area (Å²) in [5.41, 5.74) is 2.69. The fourth-order valence-electron chi connectivity index (χ4n) is 4.42. The van der Waals surface area contributed by atoms with Gasteiger partial charge >= 0.3 is 0 Å². The number of aryl methyl sites for hydroxylation is 1. The highest BCUT2D eigenvalue weighted by Gasteiger charge is 2.48. The average molecular weight is 465 g/mol. The van der Waals surface area contributed by atoms with Gasteiger partial charge in [0.1, 0.15) is 11.2 Å². The van der Waals surface area contributed by atoms with Crippen molar-refractivity contribution in [1.82, 2.24) is 4.98 Å². The summed E-state index contributed by atoms with van der Waals surface area (Å²) in [6.45, 7) is 1.13. The Morgan fingerprint density at radius 2 is 1.88 bits per heavy atom. The number of amides is 1. The molecule has 3 aromatic rings. The molecule has 0 radical (unpaired) electrons. The molecule has 2 aliphatic rings. The fourth-order valence-corrected chi connectivity index (χ4v) is 4.61. The second-order valence-electron chi connectivity index (χ2n) is 8.53. The van der Waals surface area contributed by atoms with E-state index in [0.717, 1.165) is 29.8 Å². The first-order valence-corrected chi connectivity index (χ1v) is 11.3. The van der Waals surface area contributed by atoms with Crippen molar-refractivity contribution >= 4 is 29.0 Å². The standard InChI is InChI=1S/C26H22ClFN2O3/c27-19-4-1-3-18(14-19)25(32)30-12-2-5-21-22(30)10-11-23(29-21)26(15-33-16-26)24(31)13-17-6-8-20(28)9-7-17/h1,3-4,6-11,14H,2,5,12-13,15-16H2. The van der Waals surface area contributed by atoms with Gasteiger partial charge in [-0.1, -0.05) is 29.8 Å². The van der Waals surface area contributed by atoms with E-state index in [2.05, 4.69) is 0 Å². The summed E-state index contributed by atoms with van der Waals surface area (Å²) in [7, 11) is 0. The van der Waals surface area contributed by atoms with Gasteiger partial charge in [0, 0.05) is 23.6 Å². The lowest BCUT2D eigenvalue weighted by atomic mass is 9.75. The van der Waals surface area contributed by atoms with Gasteiger partial charge in [-0.2, -0.15) is 0 Å². The zero-order valence-electron chi connectivity index (χ0n) is 17.9. The molecule has 5 rings (SSSR count). The summed E-state index contributed by atoms with van der Waals surface area (Å²) in [6.07, 6.45) is 1.69. The molecule has 0 atom stereocenters. The SMILES string of the molecule is O=C(c1cccc(Cl)c1)N1CCCc2nc(C3(C(=O)Cc4ccc(F)cc4)COC3)ccc21. The lowest BCUT2D eigenvalue weighted by molar-refractivity contribution is -0.142. The molecule has 0 aliphatic carbocycles. The molecule has 1 aromatic heterocycles. The fraction of sp³-hybridized carbons (Fsp3) is 0.269. The quantitative estimate of drug-likeness (QED) is 0.556. The van der Waals surface area contributed by atoms with Crippen molar-refractivity contribution in [1.29, 1.82) is 0 Å². The first-order chi connectivity index (χ1) is 16.0. The third-order valence-corrected chi connectivity index (χ3v) is 6.59. The summed E-state index contributed by atoms with van der Waals surface area (Å²) in [5.74, 6) is -0.460. The Morgan fingerprint density at radius 3 is 2.58 bits per heavy atom. The Balaban J connectivity index is 1.43. The first kappa shape index (κ1) is 21.7. The Morgan fingerprint density at radius 1 is 1.09 bits per heavy atom. The first-order valence-electron chi connectivity index (χ1n) is 10.9. The molecule has 0 saturated carbocycles. The molecule has 2 aromatic carbocycles. The summed E-state index contributed by atoms with van der Waals surface area (Å²) in [4.78, 5) is 33.0. The van der Waals surface area contributed by atoms with Gasteiger partial charge in [-0.05, 0) is 60.9 Å². The van der Waals surface area contributed by atoms with E-state index in [-0.39, 0.29) is 37.1 Å². The second kappa shape index (κ2) is 8.69. The van der Waals surface area contributed by atoms with Crippen molar-refractivity contribution in [3.05, 3.63) is 94.0 Å². The summed E-state index contributed by atoms with van der Waals surface area (Å²) in [6, 6.07) is 16.6. The molecule has 0 N–H and O–H groups in total. The second-order valence-corrected chi connectivity index (χ2v) is 8.97. The lowest BCUT2D eigenvalue weighted by Crippen LogP contribution is -2.54. The number of benzene rings is 2.